The molecule has 0 spiro atoms. The average molecular weight is 228 g/mol. The van der Waals surface area contributed by atoms with Gasteiger partial charge in [0.15, 0.2) is 0 Å². The zero-order valence-corrected chi connectivity index (χ0v) is 10.1. The maximum atomic E-state index is 10.9. The largest absolute Gasteiger partial charge is 0.464 e. The molecule has 0 aliphatic carbocycles. The average Bonchev–Trinajstić information content (AvgIpc) is 2.46. The van der Waals surface area contributed by atoms with Crippen LogP contribution in [-0.2, 0) is 0 Å². The number of carboxylic acid groups (broad SMARTS) is 1. The Bertz CT molecular complexity index is 225. The van der Waals surface area contributed by atoms with Gasteiger partial charge >= 0.3 is 6.09 Å². The van der Waals surface area contributed by atoms with Crippen molar-refractivity contribution in [3.05, 3.63) is 5.92 Å². The van der Waals surface area contributed by atoms with E-state index >= 15 is 0 Å². The molecule has 1 aliphatic rings. The Labute approximate surface area is 97.0 Å². The molecule has 0 saturated carbocycles. The first kappa shape index (κ1) is 13.3. The van der Waals surface area contributed by atoms with Crippen molar-refractivity contribution >= 4 is 6.09 Å². The van der Waals surface area contributed by atoms with Crippen molar-refractivity contribution in [2.45, 2.75) is 39.2 Å². The lowest BCUT2D eigenvalue weighted by molar-refractivity contribution is 0.107. The van der Waals surface area contributed by atoms with Gasteiger partial charge in [0.2, 0.25) is 0 Å². The SMILES string of the molecule is C[C](C)C(C1CCCCNC1)N(N)C(=O)O. The lowest BCUT2D eigenvalue weighted by Gasteiger charge is -2.34. The van der Waals surface area contributed by atoms with Crippen molar-refractivity contribution in [3.63, 3.8) is 0 Å². The summed E-state index contributed by atoms with van der Waals surface area (Å²) < 4.78 is 0. The Balaban J connectivity index is 2.70. The van der Waals surface area contributed by atoms with Crippen LogP contribution in [0, 0.1) is 11.8 Å². The number of hydrazine groups is 1. The second-order valence-corrected chi connectivity index (χ2v) is 4.67. The van der Waals surface area contributed by atoms with Crippen LogP contribution in [0.1, 0.15) is 33.1 Å². The summed E-state index contributed by atoms with van der Waals surface area (Å²) in [6, 6.07) is -0.178. The molecule has 1 saturated heterocycles. The number of hydrogen-bond acceptors (Lipinski definition) is 3. The molecule has 1 heterocycles. The first-order valence-electron chi connectivity index (χ1n) is 5.81. The summed E-state index contributed by atoms with van der Waals surface area (Å²) in [6.45, 7) is 5.75. The van der Waals surface area contributed by atoms with Crippen LogP contribution in [-0.4, -0.2) is 35.3 Å². The van der Waals surface area contributed by atoms with Crippen LogP contribution < -0.4 is 11.2 Å². The maximum Gasteiger partial charge on any atom is 0.421 e. The van der Waals surface area contributed by atoms with Crippen LogP contribution in [0.25, 0.3) is 0 Å². The number of rotatable bonds is 3. The summed E-state index contributed by atoms with van der Waals surface area (Å²) in [5.41, 5.74) is 0. The van der Waals surface area contributed by atoms with E-state index in [4.69, 9.17) is 10.9 Å². The minimum Gasteiger partial charge on any atom is -0.464 e. The summed E-state index contributed by atoms with van der Waals surface area (Å²) in [5, 5.41) is 13.3. The molecule has 1 aliphatic heterocycles. The Hall–Kier alpha value is -0.810. The summed E-state index contributed by atoms with van der Waals surface area (Å²) in [7, 11) is 0. The van der Waals surface area contributed by atoms with E-state index in [1.165, 1.54) is 0 Å². The smallest absolute Gasteiger partial charge is 0.421 e. The van der Waals surface area contributed by atoms with E-state index in [1.54, 1.807) is 0 Å². The molecule has 0 aromatic heterocycles. The molecule has 2 atom stereocenters. The predicted molar refractivity (Wildman–Crippen MR) is 62.6 cm³/mol. The van der Waals surface area contributed by atoms with Crippen LogP contribution in [0.2, 0.25) is 0 Å². The molecule has 0 aromatic rings. The summed E-state index contributed by atoms with van der Waals surface area (Å²) >= 11 is 0. The Morgan fingerprint density at radius 1 is 1.50 bits per heavy atom. The normalized spacial score (nSPS) is 23.9. The number of nitrogens with two attached hydrogens (primary N) is 1. The fraction of sp³-hybridized carbons (Fsp3) is 0.818. The fourth-order valence-corrected chi connectivity index (χ4v) is 2.41. The number of amides is 1. The summed E-state index contributed by atoms with van der Waals surface area (Å²) in [6.07, 6.45) is 2.26. The van der Waals surface area contributed by atoms with E-state index in [2.05, 4.69) is 5.32 Å². The highest BCUT2D eigenvalue weighted by Crippen LogP contribution is 2.24. The van der Waals surface area contributed by atoms with Gasteiger partial charge < -0.3 is 10.4 Å². The first-order valence-corrected chi connectivity index (χ1v) is 5.81. The van der Waals surface area contributed by atoms with Crippen LogP contribution in [0.3, 0.4) is 0 Å². The highest BCUT2D eigenvalue weighted by atomic mass is 16.4. The van der Waals surface area contributed by atoms with E-state index in [9.17, 15) is 4.79 Å². The molecule has 16 heavy (non-hydrogen) atoms. The van der Waals surface area contributed by atoms with E-state index in [0.717, 1.165) is 43.3 Å². The third kappa shape index (κ3) is 3.35. The van der Waals surface area contributed by atoms with Crippen molar-refractivity contribution in [1.29, 1.82) is 0 Å². The van der Waals surface area contributed by atoms with E-state index in [0.29, 0.717) is 0 Å². The summed E-state index contributed by atoms with van der Waals surface area (Å²) in [4.78, 5) is 10.9. The Kier molecular flexibility index (Phi) is 5.02. The lowest BCUT2D eigenvalue weighted by Crippen LogP contribution is -2.52. The van der Waals surface area contributed by atoms with Gasteiger partial charge in [-0.25, -0.2) is 15.6 Å². The standard InChI is InChI=1S/C11H22N3O2/c1-8(2)10(14(12)11(15)16)9-5-3-4-6-13-7-9/h9-10,13H,3-7,12H2,1-2H3,(H,15,16). The van der Waals surface area contributed by atoms with Gasteiger partial charge in [0.05, 0.1) is 6.04 Å². The molecule has 1 rings (SSSR count). The van der Waals surface area contributed by atoms with E-state index in [1.807, 2.05) is 13.8 Å². The third-order valence-corrected chi connectivity index (χ3v) is 3.14. The van der Waals surface area contributed by atoms with Crippen LogP contribution >= 0.6 is 0 Å². The lowest BCUT2D eigenvalue weighted by atomic mass is 9.87. The molecular weight excluding hydrogens is 206 g/mol. The monoisotopic (exact) mass is 228 g/mol. The summed E-state index contributed by atoms with van der Waals surface area (Å²) in [5.74, 6) is 6.97. The fourth-order valence-electron chi connectivity index (χ4n) is 2.41. The van der Waals surface area contributed by atoms with Crippen LogP contribution in [0.15, 0.2) is 0 Å². The quantitative estimate of drug-likeness (QED) is 0.385. The zero-order valence-electron chi connectivity index (χ0n) is 10.1. The molecule has 1 radical (unpaired) electrons. The van der Waals surface area contributed by atoms with Gasteiger partial charge in [0.1, 0.15) is 0 Å². The van der Waals surface area contributed by atoms with E-state index < -0.39 is 6.09 Å². The van der Waals surface area contributed by atoms with Crippen molar-refractivity contribution < 1.29 is 9.90 Å². The molecule has 5 heteroatoms. The van der Waals surface area contributed by atoms with Gasteiger partial charge in [-0.15, -0.1) is 0 Å². The molecule has 0 bridgehead atoms. The maximum absolute atomic E-state index is 10.9. The number of nitrogens with one attached hydrogen (secondary N) is 1. The highest BCUT2D eigenvalue weighted by Gasteiger charge is 2.32. The van der Waals surface area contributed by atoms with Gasteiger partial charge in [-0.3, -0.25) is 0 Å². The van der Waals surface area contributed by atoms with Gasteiger partial charge in [0, 0.05) is 6.54 Å². The highest BCUT2D eigenvalue weighted by molar-refractivity contribution is 5.65. The number of carbonyl (C=O) groups is 1. The van der Waals surface area contributed by atoms with Crippen molar-refractivity contribution in [1.82, 2.24) is 10.3 Å². The topological polar surface area (TPSA) is 78.6 Å². The molecule has 5 nitrogen and oxygen atoms in total. The zero-order chi connectivity index (χ0) is 12.1. The van der Waals surface area contributed by atoms with Gasteiger partial charge in [-0.05, 0) is 31.2 Å². The first-order chi connectivity index (χ1) is 7.54. The van der Waals surface area contributed by atoms with Gasteiger partial charge in [0.25, 0.3) is 0 Å². The second kappa shape index (κ2) is 6.06. The molecular formula is C11H22N3O2. The molecule has 0 aromatic carbocycles. The van der Waals surface area contributed by atoms with Crippen molar-refractivity contribution in [2.75, 3.05) is 13.1 Å². The Morgan fingerprint density at radius 3 is 2.75 bits per heavy atom. The van der Waals surface area contributed by atoms with Crippen LogP contribution in [0.4, 0.5) is 4.79 Å². The number of nitrogens with zero attached hydrogens (tertiary/aromatic N) is 1. The predicted octanol–water partition coefficient (Wildman–Crippen LogP) is 1.21. The minimum absolute atomic E-state index is 0.178. The van der Waals surface area contributed by atoms with Crippen molar-refractivity contribution in [3.8, 4) is 0 Å². The van der Waals surface area contributed by atoms with Gasteiger partial charge in [-0.1, -0.05) is 20.3 Å². The molecule has 1 amide bonds. The molecule has 1 fully saturated rings. The molecule has 4 N–H and O–H groups in total. The third-order valence-electron chi connectivity index (χ3n) is 3.14. The second-order valence-electron chi connectivity index (χ2n) is 4.67. The molecule has 2 unspecified atom stereocenters. The van der Waals surface area contributed by atoms with Crippen LogP contribution in [0.5, 0.6) is 0 Å². The van der Waals surface area contributed by atoms with Gasteiger partial charge in [-0.2, -0.15) is 0 Å². The molecule has 93 valence electrons. The minimum atomic E-state index is -1.06. The van der Waals surface area contributed by atoms with E-state index in [-0.39, 0.29) is 12.0 Å². The Morgan fingerprint density at radius 2 is 2.19 bits per heavy atom. The number of hydrogen-bond donors (Lipinski definition) is 3. The van der Waals surface area contributed by atoms with Crippen molar-refractivity contribution in [2.24, 2.45) is 11.8 Å².